The van der Waals surface area contributed by atoms with Gasteiger partial charge in [0.2, 0.25) is 5.88 Å². The number of halogens is 1. The van der Waals surface area contributed by atoms with E-state index in [0.29, 0.717) is 24.1 Å². The highest BCUT2D eigenvalue weighted by Crippen LogP contribution is 2.28. The highest BCUT2D eigenvalue weighted by molar-refractivity contribution is 6.04. The molecule has 0 radical (unpaired) electrons. The Balaban J connectivity index is 1.48. The van der Waals surface area contributed by atoms with Crippen LogP contribution in [0.1, 0.15) is 42.6 Å². The average molecular weight is 379 g/mol. The van der Waals surface area contributed by atoms with E-state index < -0.39 is 5.82 Å². The SMILES string of the molecule is O=C(Nc1ccc2c(OCC3CCCCC3)nccc2c1)c1ccc(F)cn1. The van der Waals surface area contributed by atoms with Crippen molar-refractivity contribution in [3.8, 4) is 5.88 Å². The Morgan fingerprint density at radius 2 is 1.96 bits per heavy atom. The summed E-state index contributed by atoms with van der Waals surface area (Å²) in [6.45, 7) is 0.695. The van der Waals surface area contributed by atoms with Gasteiger partial charge in [0.25, 0.3) is 5.91 Å². The number of nitrogens with zero attached hydrogens (tertiary/aromatic N) is 2. The highest BCUT2D eigenvalue weighted by Gasteiger charge is 2.15. The predicted molar refractivity (Wildman–Crippen MR) is 106 cm³/mol. The smallest absolute Gasteiger partial charge is 0.274 e. The largest absolute Gasteiger partial charge is 0.477 e. The molecule has 0 atom stereocenters. The molecule has 2 heterocycles. The summed E-state index contributed by atoms with van der Waals surface area (Å²) >= 11 is 0. The molecule has 1 aliphatic carbocycles. The molecule has 0 bridgehead atoms. The minimum atomic E-state index is -0.476. The maximum absolute atomic E-state index is 13.0. The number of benzene rings is 1. The van der Waals surface area contributed by atoms with Gasteiger partial charge in [0.05, 0.1) is 12.8 Å². The number of pyridine rings is 2. The summed E-state index contributed by atoms with van der Waals surface area (Å²) in [7, 11) is 0. The van der Waals surface area contributed by atoms with E-state index in [4.69, 9.17) is 4.74 Å². The number of hydrogen-bond donors (Lipinski definition) is 1. The molecule has 0 saturated heterocycles. The van der Waals surface area contributed by atoms with Crippen LogP contribution in [0.15, 0.2) is 48.8 Å². The van der Waals surface area contributed by atoms with E-state index >= 15 is 0 Å². The summed E-state index contributed by atoms with van der Waals surface area (Å²) in [5.74, 6) is 0.367. The molecule has 1 fully saturated rings. The molecule has 2 aromatic heterocycles. The summed E-state index contributed by atoms with van der Waals surface area (Å²) in [4.78, 5) is 20.5. The Bertz CT molecular complexity index is 969. The Hall–Kier alpha value is -3.02. The normalized spacial score (nSPS) is 14.8. The van der Waals surface area contributed by atoms with E-state index in [2.05, 4.69) is 15.3 Å². The van der Waals surface area contributed by atoms with Crippen LogP contribution in [0.25, 0.3) is 10.8 Å². The Kier molecular flexibility index (Phi) is 5.46. The molecule has 1 aromatic carbocycles. The van der Waals surface area contributed by atoms with Crippen molar-refractivity contribution in [3.63, 3.8) is 0 Å². The van der Waals surface area contributed by atoms with E-state index in [1.54, 1.807) is 12.3 Å². The molecule has 0 unspecified atom stereocenters. The van der Waals surface area contributed by atoms with Crippen molar-refractivity contribution in [1.82, 2.24) is 9.97 Å². The van der Waals surface area contributed by atoms with Crippen LogP contribution in [0.4, 0.5) is 10.1 Å². The van der Waals surface area contributed by atoms with Gasteiger partial charge in [0, 0.05) is 17.3 Å². The monoisotopic (exact) mass is 379 g/mol. The first-order chi connectivity index (χ1) is 13.7. The van der Waals surface area contributed by atoms with Crippen LogP contribution in [0, 0.1) is 11.7 Å². The van der Waals surface area contributed by atoms with E-state index in [9.17, 15) is 9.18 Å². The van der Waals surface area contributed by atoms with Crippen LogP contribution in [-0.2, 0) is 0 Å². The van der Waals surface area contributed by atoms with Crippen LogP contribution < -0.4 is 10.1 Å². The van der Waals surface area contributed by atoms with Crippen LogP contribution in [0.3, 0.4) is 0 Å². The molecule has 144 valence electrons. The number of hydrogen-bond acceptors (Lipinski definition) is 4. The topological polar surface area (TPSA) is 64.1 Å². The van der Waals surface area contributed by atoms with Gasteiger partial charge in [-0.2, -0.15) is 0 Å². The molecule has 3 aromatic rings. The maximum atomic E-state index is 13.0. The van der Waals surface area contributed by atoms with Crippen LogP contribution in [0.2, 0.25) is 0 Å². The van der Waals surface area contributed by atoms with Crippen LogP contribution in [-0.4, -0.2) is 22.5 Å². The van der Waals surface area contributed by atoms with Crippen molar-refractivity contribution in [2.24, 2.45) is 5.92 Å². The minimum Gasteiger partial charge on any atom is -0.477 e. The van der Waals surface area contributed by atoms with Crippen LogP contribution in [0.5, 0.6) is 5.88 Å². The molecule has 1 aliphatic rings. The maximum Gasteiger partial charge on any atom is 0.274 e. The number of carbonyl (C=O) groups excluding carboxylic acids is 1. The number of rotatable bonds is 5. The lowest BCUT2D eigenvalue weighted by Gasteiger charge is -2.21. The zero-order chi connectivity index (χ0) is 19.3. The zero-order valence-corrected chi connectivity index (χ0v) is 15.5. The quantitative estimate of drug-likeness (QED) is 0.679. The number of carbonyl (C=O) groups is 1. The van der Waals surface area contributed by atoms with Gasteiger partial charge >= 0.3 is 0 Å². The molecule has 4 rings (SSSR count). The molecular weight excluding hydrogens is 357 g/mol. The lowest BCUT2D eigenvalue weighted by atomic mass is 9.90. The number of nitrogens with one attached hydrogen (secondary N) is 1. The molecule has 1 N–H and O–H groups in total. The van der Waals surface area contributed by atoms with Gasteiger partial charge in [0.1, 0.15) is 11.5 Å². The van der Waals surface area contributed by atoms with Gasteiger partial charge in [-0.25, -0.2) is 14.4 Å². The van der Waals surface area contributed by atoms with Crippen molar-refractivity contribution in [3.05, 3.63) is 60.3 Å². The number of ether oxygens (including phenoxy) is 1. The second kappa shape index (κ2) is 8.33. The molecule has 28 heavy (non-hydrogen) atoms. The van der Waals surface area contributed by atoms with Gasteiger partial charge in [-0.05, 0) is 60.5 Å². The lowest BCUT2D eigenvalue weighted by molar-refractivity contribution is 0.102. The lowest BCUT2D eigenvalue weighted by Crippen LogP contribution is -2.15. The van der Waals surface area contributed by atoms with Crippen molar-refractivity contribution < 1.29 is 13.9 Å². The molecule has 0 spiro atoms. The minimum absolute atomic E-state index is 0.160. The summed E-state index contributed by atoms with van der Waals surface area (Å²) in [6.07, 6.45) is 9.07. The fourth-order valence-corrected chi connectivity index (χ4v) is 3.60. The van der Waals surface area contributed by atoms with Crippen molar-refractivity contribution >= 4 is 22.4 Å². The van der Waals surface area contributed by atoms with Crippen molar-refractivity contribution in [2.45, 2.75) is 32.1 Å². The molecular formula is C22H22FN3O2. The Morgan fingerprint density at radius 1 is 1.11 bits per heavy atom. The van der Waals surface area contributed by atoms with Gasteiger partial charge < -0.3 is 10.1 Å². The van der Waals surface area contributed by atoms with E-state index in [1.165, 1.54) is 44.2 Å². The molecule has 0 aliphatic heterocycles. The second-order valence-electron chi connectivity index (χ2n) is 7.18. The predicted octanol–water partition coefficient (Wildman–Crippen LogP) is 4.98. The molecule has 1 amide bonds. The third-order valence-corrected chi connectivity index (χ3v) is 5.13. The summed E-state index contributed by atoms with van der Waals surface area (Å²) in [5.41, 5.74) is 0.792. The van der Waals surface area contributed by atoms with Gasteiger partial charge in [-0.15, -0.1) is 0 Å². The summed E-state index contributed by atoms with van der Waals surface area (Å²) in [5, 5.41) is 4.63. The molecule has 5 nitrogen and oxygen atoms in total. The van der Waals surface area contributed by atoms with Crippen molar-refractivity contribution in [2.75, 3.05) is 11.9 Å². The van der Waals surface area contributed by atoms with E-state index in [-0.39, 0.29) is 11.6 Å². The van der Waals surface area contributed by atoms with Gasteiger partial charge in [-0.3, -0.25) is 4.79 Å². The molecule has 1 saturated carbocycles. The standard InChI is InChI=1S/C22H22FN3O2/c23-17-6-9-20(25-13-17)21(27)26-18-7-8-19-16(12-18)10-11-24-22(19)28-14-15-4-2-1-3-5-15/h6-13,15H,1-5,14H2,(H,26,27). The molecule has 6 heteroatoms. The average Bonchev–Trinajstić information content (AvgIpc) is 2.73. The van der Waals surface area contributed by atoms with Gasteiger partial charge in [0.15, 0.2) is 0 Å². The Morgan fingerprint density at radius 3 is 2.75 bits per heavy atom. The van der Waals surface area contributed by atoms with Crippen LogP contribution >= 0.6 is 0 Å². The van der Waals surface area contributed by atoms with E-state index in [1.807, 2.05) is 18.2 Å². The highest BCUT2D eigenvalue weighted by atomic mass is 19.1. The number of fused-ring (bicyclic) bond motifs is 1. The first kappa shape index (κ1) is 18.3. The van der Waals surface area contributed by atoms with Crippen molar-refractivity contribution in [1.29, 1.82) is 0 Å². The fourth-order valence-electron chi connectivity index (χ4n) is 3.60. The Labute approximate surface area is 163 Å². The number of aromatic nitrogens is 2. The zero-order valence-electron chi connectivity index (χ0n) is 15.5. The third kappa shape index (κ3) is 4.27. The van der Waals surface area contributed by atoms with E-state index in [0.717, 1.165) is 17.0 Å². The first-order valence-corrected chi connectivity index (χ1v) is 9.63. The summed E-state index contributed by atoms with van der Waals surface area (Å²) in [6, 6.07) is 10.0. The second-order valence-corrected chi connectivity index (χ2v) is 7.18. The summed E-state index contributed by atoms with van der Waals surface area (Å²) < 4.78 is 19.0. The number of amides is 1. The first-order valence-electron chi connectivity index (χ1n) is 9.63. The van der Waals surface area contributed by atoms with Gasteiger partial charge in [-0.1, -0.05) is 19.3 Å². The third-order valence-electron chi connectivity index (χ3n) is 5.13. The number of anilines is 1. The fraction of sp³-hybridized carbons (Fsp3) is 0.318.